The third kappa shape index (κ3) is 4.29. The fourth-order valence-corrected chi connectivity index (χ4v) is 4.28. The van der Waals surface area contributed by atoms with Crippen molar-refractivity contribution >= 4 is 11.9 Å². The number of aromatic nitrogens is 4. The molecule has 0 bridgehead atoms. The van der Waals surface area contributed by atoms with Crippen molar-refractivity contribution in [3.05, 3.63) is 30.4 Å². The van der Waals surface area contributed by atoms with Gasteiger partial charge in [-0.15, -0.1) is 10.2 Å². The molecule has 1 atom stereocenters. The monoisotopic (exact) mass is 411 g/mol. The molecule has 2 aromatic rings. The van der Waals surface area contributed by atoms with Gasteiger partial charge in [0.2, 0.25) is 5.91 Å². The Bertz CT molecular complexity index is 888. The zero-order valence-electron chi connectivity index (χ0n) is 17.6. The Morgan fingerprint density at radius 3 is 2.60 bits per heavy atom. The molecule has 1 fully saturated rings. The second kappa shape index (κ2) is 8.81. The Morgan fingerprint density at radius 2 is 1.90 bits per heavy atom. The van der Waals surface area contributed by atoms with Crippen molar-refractivity contribution in [3.8, 4) is 11.4 Å². The fourth-order valence-electron chi connectivity index (χ4n) is 4.28. The van der Waals surface area contributed by atoms with E-state index in [0.29, 0.717) is 13.1 Å². The van der Waals surface area contributed by atoms with E-state index in [4.69, 9.17) is 0 Å². The maximum atomic E-state index is 12.8. The number of carbonyl (C=O) groups excluding carboxylic acids is 2. The zero-order valence-corrected chi connectivity index (χ0v) is 17.6. The highest BCUT2D eigenvalue weighted by Crippen LogP contribution is 2.23. The predicted molar refractivity (Wildman–Crippen MR) is 112 cm³/mol. The first kappa shape index (κ1) is 20.3. The van der Waals surface area contributed by atoms with Crippen molar-refractivity contribution < 1.29 is 9.59 Å². The second-order valence-electron chi connectivity index (χ2n) is 8.30. The number of pyridine rings is 1. The number of piperidine rings is 1. The van der Waals surface area contributed by atoms with Crippen LogP contribution in [0.5, 0.6) is 0 Å². The molecule has 0 aliphatic carbocycles. The summed E-state index contributed by atoms with van der Waals surface area (Å²) in [6.45, 7) is 2.04. The van der Waals surface area contributed by atoms with Gasteiger partial charge in [-0.25, -0.2) is 4.79 Å². The van der Waals surface area contributed by atoms with Crippen molar-refractivity contribution in [2.24, 2.45) is 5.92 Å². The van der Waals surface area contributed by atoms with Crippen molar-refractivity contribution in [1.82, 2.24) is 34.9 Å². The van der Waals surface area contributed by atoms with Gasteiger partial charge in [-0.2, -0.15) is 0 Å². The molecule has 0 aromatic carbocycles. The molecule has 1 saturated heterocycles. The van der Waals surface area contributed by atoms with E-state index < -0.39 is 0 Å². The van der Waals surface area contributed by atoms with Crippen molar-refractivity contribution in [1.29, 1.82) is 0 Å². The highest BCUT2D eigenvalue weighted by atomic mass is 16.2. The average molecular weight is 412 g/mol. The Balaban J connectivity index is 1.32. The number of urea groups is 1. The van der Waals surface area contributed by atoms with E-state index in [1.807, 2.05) is 17.0 Å². The molecule has 2 aromatic heterocycles. The van der Waals surface area contributed by atoms with Gasteiger partial charge >= 0.3 is 6.03 Å². The number of fused-ring (bicyclic) bond motifs is 1. The van der Waals surface area contributed by atoms with Crippen LogP contribution < -0.4 is 5.32 Å². The quantitative estimate of drug-likeness (QED) is 0.827. The normalized spacial score (nSPS) is 19.7. The number of amides is 3. The molecule has 3 amide bonds. The van der Waals surface area contributed by atoms with Crippen LogP contribution in [-0.4, -0.2) is 74.7 Å². The van der Waals surface area contributed by atoms with Gasteiger partial charge < -0.3 is 19.7 Å². The molecule has 2 aliphatic rings. The van der Waals surface area contributed by atoms with Gasteiger partial charge in [0.1, 0.15) is 5.82 Å². The molecular formula is C21H29N7O2. The lowest BCUT2D eigenvalue weighted by molar-refractivity contribution is -0.127. The number of hydrogen-bond donors (Lipinski definition) is 1. The Kier molecular flexibility index (Phi) is 5.96. The van der Waals surface area contributed by atoms with Crippen LogP contribution in [0.1, 0.15) is 31.5 Å². The summed E-state index contributed by atoms with van der Waals surface area (Å²) in [5.41, 5.74) is 0.956. The standard InChI is InChI=1S/C21H29N7O2/c1-26(2)21(30)27-11-7-15(8-12-27)20(29)23-17-5-6-18-24-25-19(28(18)13-9-17)16-4-3-10-22-14-16/h3-4,10,14-15,17H,5-9,11-13H2,1-2H3,(H,23,29). The molecule has 2 aliphatic heterocycles. The number of rotatable bonds is 3. The summed E-state index contributed by atoms with van der Waals surface area (Å²) in [6, 6.07) is 4.03. The number of aryl methyl sites for hydroxylation is 1. The predicted octanol–water partition coefficient (Wildman–Crippen LogP) is 1.55. The summed E-state index contributed by atoms with van der Waals surface area (Å²) in [5.74, 6) is 1.88. The summed E-state index contributed by atoms with van der Waals surface area (Å²) >= 11 is 0. The van der Waals surface area contributed by atoms with E-state index in [-0.39, 0.29) is 23.9 Å². The van der Waals surface area contributed by atoms with E-state index in [1.165, 1.54) is 0 Å². The van der Waals surface area contributed by atoms with Crippen molar-refractivity contribution in [2.45, 2.75) is 44.7 Å². The van der Waals surface area contributed by atoms with Crippen LogP contribution in [0.25, 0.3) is 11.4 Å². The smallest absolute Gasteiger partial charge is 0.319 e. The van der Waals surface area contributed by atoms with Gasteiger partial charge in [0.15, 0.2) is 5.82 Å². The van der Waals surface area contributed by atoms with E-state index in [1.54, 1.807) is 31.4 Å². The van der Waals surface area contributed by atoms with Crippen LogP contribution in [0, 0.1) is 5.92 Å². The maximum absolute atomic E-state index is 12.8. The summed E-state index contributed by atoms with van der Waals surface area (Å²) in [6.07, 6.45) is 7.47. The Morgan fingerprint density at radius 1 is 1.10 bits per heavy atom. The molecule has 0 saturated carbocycles. The Hall–Kier alpha value is -2.97. The maximum Gasteiger partial charge on any atom is 0.319 e. The van der Waals surface area contributed by atoms with Crippen LogP contribution in [0.4, 0.5) is 4.79 Å². The molecule has 1 unspecified atom stereocenters. The minimum Gasteiger partial charge on any atom is -0.353 e. The molecule has 0 spiro atoms. The zero-order chi connectivity index (χ0) is 21.1. The van der Waals surface area contributed by atoms with Gasteiger partial charge in [-0.3, -0.25) is 9.78 Å². The summed E-state index contributed by atoms with van der Waals surface area (Å²) in [5, 5.41) is 12.0. The topological polar surface area (TPSA) is 96.2 Å². The molecule has 4 heterocycles. The van der Waals surface area contributed by atoms with Crippen molar-refractivity contribution in [3.63, 3.8) is 0 Å². The summed E-state index contributed by atoms with van der Waals surface area (Å²) in [4.78, 5) is 32.5. The SMILES string of the molecule is CN(C)C(=O)N1CCC(C(=O)NC2CCc3nnc(-c4cccnc4)n3CC2)CC1. The Labute approximate surface area is 176 Å². The number of likely N-dealkylation sites (tertiary alicyclic amines) is 1. The third-order valence-electron chi connectivity index (χ3n) is 6.03. The largest absolute Gasteiger partial charge is 0.353 e. The van der Waals surface area contributed by atoms with E-state index in [2.05, 4.69) is 25.1 Å². The van der Waals surface area contributed by atoms with E-state index in [0.717, 1.165) is 55.9 Å². The van der Waals surface area contributed by atoms with E-state index >= 15 is 0 Å². The lowest BCUT2D eigenvalue weighted by Crippen LogP contribution is -2.47. The van der Waals surface area contributed by atoms with Crippen LogP contribution in [0.15, 0.2) is 24.5 Å². The third-order valence-corrected chi connectivity index (χ3v) is 6.03. The fraction of sp³-hybridized carbons (Fsp3) is 0.571. The van der Waals surface area contributed by atoms with Gasteiger partial charge in [-0.1, -0.05) is 0 Å². The molecular weight excluding hydrogens is 382 g/mol. The highest BCUT2D eigenvalue weighted by molar-refractivity contribution is 5.80. The minimum absolute atomic E-state index is 0.0186. The first-order valence-electron chi connectivity index (χ1n) is 10.6. The number of nitrogens with one attached hydrogen (secondary N) is 1. The van der Waals surface area contributed by atoms with Gasteiger partial charge in [0, 0.05) is 70.1 Å². The summed E-state index contributed by atoms with van der Waals surface area (Å²) < 4.78 is 2.15. The van der Waals surface area contributed by atoms with Gasteiger partial charge in [0.05, 0.1) is 0 Å². The number of hydrogen-bond acceptors (Lipinski definition) is 5. The molecule has 160 valence electrons. The summed E-state index contributed by atoms with van der Waals surface area (Å²) in [7, 11) is 3.51. The molecule has 4 rings (SSSR count). The van der Waals surface area contributed by atoms with Crippen LogP contribution in [0.3, 0.4) is 0 Å². The van der Waals surface area contributed by atoms with Gasteiger partial charge in [0.25, 0.3) is 0 Å². The van der Waals surface area contributed by atoms with Crippen molar-refractivity contribution in [2.75, 3.05) is 27.2 Å². The lowest BCUT2D eigenvalue weighted by atomic mass is 9.95. The molecule has 0 radical (unpaired) electrons. The van der Waals surface area contributed by atoms with E-state index in [9.17, 15) is 9.59 Å². The molecule has 1 N–H and O–H groups in total. The number of carbonyl (C=O) groups is 2. The average Bonchev–Trinajstić information content (AvgIpc) is 3.08. The molecule has 9 heteroatoms. The van der Waals surface area contributed by atoms with Crippen LogP contribution >= 0.6 is 0 Å². The molecule has 30 heavy (non-hydrogen) atoms. The van der Waals surface area contributed by atoms with Gasteiger partial charge in [-0.05, 0) is 37.8 Å². The second-order valence-corrected chi connectivity index (χ2v) is 8.30. The molecule has 9 nitrogen and oxygen atoms in total. The van der Waals surface area contributed by atoms with Crippen LogP contribution in [-0.2, 0) is 17.8 Å². The minimum atomic E-state index is -0.0240. The first-order valence-corrected chi connectivity index (χ1v) is 10.6. The first-order chi connectivity index (χ1) is 14.5. The lowest BCUT2D eigenvalue weighted by Gasteiger charge is -2.33. The number of nitrogens with zero attached hydrogens (tertiary/aromatic N) is 6. The highest BCUT2D eigenvalue weighted by Gasteiger charge is 2.30. The van der Waals surface area contributed by atoms with Crippen LogP contribution in [0.2, 0.25) is 0 Å².